The van der Waals surface area contributed by atoms with Gasteiger partial charge in [-0.1, -0.05) is 28.9 Å². The predicted octanol–water partition coefficient (Wildman–Crippen LogP) is 3.61. The Kier molecular flexibility index (Phi) is 5.19. The average Bonchev–Trinajstić information content (AvgIpc) is 2.34. The minimum atomic E-state index is -4.43. The van der Waals surface area contributed by atoms with Crippen LogP contribution in [0.15, 0.2) is 24.3 Å². The Morgan fingerprint density at radius 2 is 2.11 bits per heavy atom. The molecule has 1 rings (SSSR count). The van der Waals surface area contributed by atoms with Gasteiger partial charge in [-0.05, 0) is 24.6 Å². The lowest BCUT2D eigenvalue weighted by molar-refractivity contribution is -0.137. The van der Waals surface area contributed by atoms with Gasteiger partial charge in [0.15, 0.2) is 0 Å². The van der Waals surface area contributed by atoms with Crippen molar-refractivity contribution < 1.29 is 18.0 Å². The molecule has 100 valence electrons. The van der Waals surface area contributed by atoms with Crippen molar-refractivity contribution in [2.24, 2.45) is 0 Å². The van der Waals surface area contributed by atoms with Crippen molar-refractivity contribution in [1.29, 1.82) is 0 Å². The Bertz CT molecular complexity index is 416. The second-order valence-electron chi connectivity index (χ2n) is 3.81. The molecule has 0 spiro atoms. The second kappa shape index (κ2) is 6.22. The quantitative estimate of drug-likeness (QED) is 0.843. The van der Waals surface area contributed by atoms with Crippen LogP contribution in [-0.4, -0.2) is 17.3 Å². The minimum absolute atomic E-state index is 0.0178. The van der Waals surface area contributed by atoms with Crippen LogP contribution < -0.4 is 5.32 Å². The van der Waals surface area contributed by atoms with Crippen molar-refractivity contribution in [3.8, 4) is 0 Å². The maximum atomic E-state index is 12.5. The molecule has 2 nitrogen and oxygen atoms in total. The van der Waals surface area contributed by atoms with Gasteiger partial charge in [0.1, 0.15) is 0 Å². The van der Waals surface area contributed by atoms with Crippen molar-refractivity contribution in [3.05, 3.63) is 35.4 Å². The van der Waals surface area contributed by atoms with E-state index in [0.29, 0.717) is 11.8 Å². The first-order chi connectivity index (χ1) is 8.38. The number of halogens is 4. The Balaban J connectivity index is 2.87. The van der Waals surface area contributed by atoms with Gasteiger partial charge >= 0.3 is 6.18 Å². The van der Waals surface area contributed by atoms with Crippen LogP contribution in [0.5, 0.6) is 0 Å². The number of carbonyl (C=O) groups excluding carboxylic acids is 1. The van der Waals surface area contributed by atoms with Crippen LogP contribution in [0.25, 0.3) is 0 Å². The number of hydrogen-bond donors (Lipinski definition) is 1. The van der Waals surface area contributed by atoms with Gasteiger partial charge in [-0.3, -0.25) is 4.79 Å². The molecule has 0 aliphatic carbocycles. The van der Waals surface area contributed by atoms with E-state index in [9.17, 15) is 18.0 Å². The normalized spacial score (nSPS) is 13.2. The molecule has 1 atom stereocenters. The van der Waals surface area contributed by atoms with Crippen molar-refractivity contribution >= 4 is 21.8 Å². The number of benzene rings is 1. The number of rotatable bonds is 4. The molecule has 0 aliphatic rings. The van der Waals surface area contributed by atoms with E-state index >= 15 is 0 Å². The highest BCUT2D eigenvalue weighted by molar-refractivity contribution is 9.09. The van der Waals surface area contributed by atoms with Crippen molar-refractivity contribution in [2.45, 2.75) is 25.6 Å². The SMILES string of the molecule is CCC(CBr)NC(=O)c1cccc(C(F)(F)F)c1. The van der Waals surface area contributed by atoms with Crippen LogP contribution in [0.4, 0.5) is 13.2 Å². The van der Waals surface area contributed by atoms with Gasteiger partial charge in [-0.2, -0.15) is 13.2 Å². The first kappa shape index (κ1) is 15.0. The Labute approximate surface area is 112 Å². The fourth-order valence-corrected chi connectivity index (χ4v) is 1.97. The molecule has 0 saturated heterocycles. The number of amides is 1. The smallest absolute Gasteiger partial charge is 0.348 e. The summed E-state index contributed by atoms with van der Waals surface area (Å²) in [6.07, 6.45) is -3.73. The van der Waals surface area contributed by atoms with E-state index in [1.165, 1.54) is 12.1 Å². The van der Waals surface area contributed by atoms with Crippen LogP contribution in [0.3, 0.4) is 0 Å². The summed E-state index contributed by atoms with van der Waals surface area (Å²) in [7, 11) is 0. The molecule has 0 bridgehead atoms. The molecule has 0 fully saturated rings. The zero-order valence-electron chi connectivity index (χ0n) is 9.72. The standard InChI is InChI=1S/C12H13BrF3NO/c1-2-10(7-13)17-11(18)8-4-3-5-9(6-8)12(14,15)16/h3-6,10H,2,7H2,1H3,(H,17,18). The first-order valence-electron chi connectivity index (χ1n) is 5.42. The Morgan fingerprint density at radius 1 is 1.44 bits per heavy atom. The van der Waals surface area contributed by atoms with Crippen molar-refractivity contribution in [1.82, 2.24) is 5.32 Å². The van der Waals surface area contributed by atoms with Crippen molar-refractivity contribution in [3.63, 3.8) is 0 Å². The monoisotopic (exact) mass is 323 g/mol. The van der Waals surface area contributed by atoms with Gasteiger partial charge in [0, 0.05) is 16.9 Å². The second-order valence-corrected chi connectivity index (χ2v) is 4.46. The minimum Gasteiger partial charge on any atom is -0.348 e. The third-order valence-corrected chi connectivity index (χ3v) is 3.25. The molecule has 1 aromatic carbocycles. The summed E-state index contributed by atoms with van der Waals surface area (Å²) in [6.45, 7) is 1.89. The third kappa shape index (κ3) is 4.01. The number of carbonyl (C=O) groups is 1. The van der Waals surface area contributed by atoms with E-state index in [2.05, 4.69) is 21.2 Å². The summed E-state index contributed by atoms with van der Waals surface area (Å²) in [4.78, 5) is 11.8. The average molecular weight is 324 g/mol. The summed E-state index contributed by atoms with van der Waals surface area (Å²) in [5.74, 6) is -0.493. The van der Waals surface area contributed by atoms with E-state index in [0.717, 1.165) is 12.1 Å². The summed E-state index contributed by atoms with van der Waals surface area (Å²) in [5.41, 5.74) is -0.800. The van der Waals surface area contributed by atoms with Crippen LogP contribution in [-0.2, 0) is 6.18 Å². The fraction of sp³-hybridized carbons (Fsp3) is 0.417. The van der Waals surface area contributed by atoms with E-state index in [1.807, 2.05) is 6.92 Å². The molecular weight excluding hydrogens is 311 g/mol. The van der Waals surface area contributed by atoms with Crippen LogP contribution in [0.1, 0.15) is 29.3 Å². The van der Waals surface area contributed by atoms with Crippen LogP contribution in [0.2, 0.25) is 0 Å². The first-order valence-corrected chi connectivity index (χ1v) is 6.54. The summed E-state index contributed by atoms with van der Waals surface area (Å²) >= 11 is 3.23. The number of alkyl halides is 4. The number of hydrogen-bond acceptors (Lipinski definition) is 1. The lowest BCUT2D eigenvalue weighted by Gasteiger charge is -2.14. The van der Waals surface area contributed by atoms with Gasteiger partial charge in [-0.15, -0.1) is 0 Å². The third-order valence-electron chi connectivity index (χ3n) is 2.47. The van der Waals surface area contributed by atoms with E-state index < -0.39 is 17.6 Å². The largest absolute Gasteiger partial charge is 0.416 e. The van der Waals surface area contributed by atoms with E-state index in [-0.39, 0.29) is 11.6 Å². The van der Waals surface area contributed by atoms with Crippen LogP contribution >= 0.6 is 15.9 Å². The molecule has 0 aliphatic heterocycles. The summed E-state index contributed by atoms with van der Waals surface area (Å²) < 4.78 is 37.5. The molecule has 18 heavy (non-hydrogen) atoms. The molecule has 0 saturated carbocycles. The van der Waals surface area contributed by atoms with Crippen LogP contribution in [0, 0.1) is 0 Å². The zero-order chi connectivity index (χ0) is 13.8. The van der Waals surface area contributed by atoms with Gasteiger partial charge < -0.3 is 5.32 Å². The molecule has 1 N–H and O–H groups in total. The highest BCUT2D eigenvalue weighted by Crippen LogP contribution is 2.29. The maximum Gasteiger partial charge on any atom is 0.416 e. The molecule has 1 aromatic rings. The number of nitrogens with one attached hydrogen (secondary N) is 1. The maximum absolute atomic E-state index is 12.5. The Morgan fingerprint density at radius 3 is 2.61 bits per heavy atom. The lowest BCUT2D eigenvalue weighted by atomic mass is 10.1. The molecule has 1 unspecified atom stereocenters. The van der Waals surface area contributed by atoms with Gasteiger partial charge in [0.05, 0.1) is 5.56 Å². The lowest BCUT2D eigenvalue weighted by Crippen LogP contribution is -2.35. The highest BCUT2D eigenvalue weighted by Gasteiger charge is 2.30. The topological polar surface area (TPSA) is 29.1 Å². The van der Waals surface area contributed by atoms with Crippen molar-refractivity contribution in [2.75, 3.05) is 5.33 Å². The molecule has 0 radical (unpaired) electrons. The summed E-state index contributed by atoms with van der Waals surface area (Å²) in [5, 5.41) is 3.22. The molecule has 6 heteroatoms. The fourth-order valence-electron chi connectivity index (χ4n) is 1.36. The predicted molar refractivity (Wildman–Crippen MR) is 66.8 cm³/mol. The summed E-state index contributed by atoms with van der Waals surface area (Å²) in [6, 6.07) is 4.31. The van der Waals surface area contributed by atoms with Gasteiger partial charge in [0.2, 0.25) is 0 Å². The Hall–Kier alpha value is -1.04. The van der Waals surface area contributed by atoms with E-state index in [1.54, 1.807) is 0 Å². The zero-order valence-corrected chi connectivity index (χ0v) is 11.3. The molecular formula is C12H13BrF3NO. The van der Waals surface area contributed by atoms with E-state index in [4.69, 9.17) is 0 Å². The van der Waals surface area contributed by atoms with Gasteiger partial charge in [0.25, 0.3) is 5.91 Å². The molecule has 0 aromatic heterocycles. The molecule has 1 amide bonds. The van der Waals surface area contributed by atoms with Gasteiger partial charge in [-0.25, -0.2) is 0 Å². The molecule has 0 heterocycles. The highest BCUT2D eigenvalue weighted by atomic mass is 79.9.